The maximum absolute atomic E-state index is 12.4. The number of hydrogen-bond donors (Lipinski definition) is 4. The van der Waals surface area contributed by atoms with E-state index in [0.29, 0.717) is 44.9 Å². The van der Waals surface area contributed by atoms with Crippen LogP contribution in [0.5, 0.6) is 0 Å². The number of esters is 1. The summed E-state index contributed by atoms with van der Waals surface area (Å²) in [5.41, 5.74) is -3.16. The van der Waals surface area contributed by atoms with Crippen LogP contribution in [0.25, 0.3) is 0 Å². The lowest BCUT2D eigenvalue weighted by atomic mass is 9.40. The molecule has 4 saturated carbocycles. The molecule has 0 amide bonds. The van der Waals surface area contributed by atoms with Crippen LogP contribution < -0.4 is 0 Å². The molecule has 6 rings (SSSR count). The van der Waals surface area contributed by atoms with Crippen LogP contribution in [0.4, 0.5) is 0 Å². The van der Waals surface area contributed by atoms with Crippen LogP contribution in [0.3, 0.4) is 0 Å². The van der Waals surface area contributed by atoms with Crippen molar-refractivity contribution in [2.45, 2.75) is 101 Å². The molecule has 34 heavy (non-hydrogen) atoms. The van der Waals surface area contributed by atoms with E-state index in [1.165, 1.54) is 0 Å². The van der Waals surface area contributed by atoms with Gasteiger partial charge in [-0.1, -0.05) is 6.92 Å². The summed E-state index contributed by atoms with van der Waals surface area (Å²) in [6.45, 7) is 5.66. The second kappa shape index (κ2) is 7.05. The Morgan fingerprint density at radius 2 is 1.85 bits per heavy atom. The SMILES string of the molecule is CC1(C)O[C@H]2C[C@H](O1)[C@]1(CO)[C@H]3[C@H](O)C[C@]4(C)[C@@H](C5=CC(=O)OC5)CC[C@@]4(O)[C@@H]3CC[C@]1(O)C2. The summed E-state index contributed by atoms with van der Waals surface area (Å²) in [4.78, 5) is 11.8. The normalized spacial score (nSPS) is 55.6. The van der Waals surface area contributed by atoms with Gasteiger partial charge in [0.25, 0.3) is 0 Å². The van der Waals surface area contributed by atoms with Gasteiger partial charge in [0.1, 0.15) is 6.61 Å². The maximum Gasteiger partial charge on any atom is 0.331 e. The Kier molecular flexibility index (Phi) is 4.84. The minimum absolute atomic E-state index is 0.0561. The molecule has 4 N–H and O–H groups in total. The Morgan fingerprint density at radius 1 is 1.09 bits per heavy atom. The molecule has 4 aliphatic carbocycles. The molecule has 8 heteroatoms. The molecule has 10 atom stereocenters. The Labute approximate surface area is 200 Å². The van der Waals surface area contributed by atoms with Gasteiger partial charge in [-0.15, -0.1) is 0 Å². The molecule has 0 aromatic carbocycles. The molecule has 8 nitrogen and oxygen atoms in total. The van der Waals surface area contributed by atoms with Gasteiger partial charge in [0.15, 0.2) is 5.79 Å². The van der Waals surface area contributed by atoms with Gasteiger partial charge >= 0.3 is 5.97 Å². The second-order valence-corrected chi connectivity index (χ2v) is 12.6. The van der Waals surface area contributed by atoms with Crippen molar-refractivity contribution in [1.82, 2.24) is 0 Å². The average molecular weight is 479 g/mol. The highest BCUT2D eigenvalue weighted by atomic mass is 16.7. The number of carbonyl (C=O) groups excluding carboxylic acids is 1. The number of aliphatic hydroxyl groups excluding tert-OH is 2. The van der Waals surface area contributed by atoms with E-state index in [-0.39, 0.29) is 37.1 Å². The monoisotopic (exact) mass is 478 g/mol. The summed E-state index contributed by atoms with van der Waals surface area (Å²) < 4.78 is 17.6. The van der Waals surface area contributed by atoms with Gasteiger partial charge in [-0.3, -0.25) is 0 Å². The third-order valence-electron chi connectivity index (χ3n) is 10.9. The summed E-state index contributed by atoms with van der Waals surface area (Å²) in [5.74, 6) is -2.07. The molecular formula is C26H38O8. The smallest absolute Gasteiger partial charge is 0.331 e. The van der Waals surface area contributed by atoms with Gasteiger partial charge < -0.3 is 34.6 Å². The molecule has 2 bridgehead atoms. The predicted molar refractivity (Wildman–Crippen MR) is 119 cm³/mol. The van der Waals surface area contributed by atoms with E-state index in [0.717, 1.165) is 5.57 Å². The second-order valence-electron chi connectivity index (χ2n) is 12.6. The summed E-state index contributed by atoms with van der Waals surface area (Å²) >= 11 is 0. The van der Waals surface area contributed by atoms with E-state index >= 15 is 0 Å². The minimum atomic E-state index is -1.25. The topological polar surface area (TPSA) is 126 Å². The lowest BCUT2D eigenvalue weighted by Crippen LogP contribution is -2.77. The van der Waals surface area contributed by atoms with Crippen molar-refractivity contribution in [2.24, 2.45) is 28.6 Å². The number of fused-ring (bicyclic) bond motifs is 8. The first kappa shape index (κ1) is 23.4. The quantitative estimate of drug-likeness (QED) is 0.439. The van der Waals surface area contributed by atoms with Gasteiger partial charge in [-0.05, 0) is 63.4 Å². The molecule has 5 fully saturated rings. The Balaban J connectivity index is 1.43. The largest absolute Gasteiger partial charge is 0.458 e. The highest BCUT2D eigenvalue weighted by Crippen LogP contribution is 2.71. The number of rotatable bonds is 2. The molecular weight excluding hydrogens is 440 g/mol. The first-order valence-corrected chi connectivity index (χ1v) is 12.9. The number of cyclic esters (lactones) is 1. The van der Waals surface area contributed by atoms with Gasteiger partial charge in [-0.25, -0.2) is 4.79 Å². The highest BCUT2D eigenvalue weighted by Gasteiger charge is 2.76. The van der Waals surface area contributed by atoms with Gasteiger partial charge in [0.05, 0.1) is 41.5 Å². The molecule has 190 valence electrons. The fourth-order valence-corrected chi connectivity index (χ4v) is 9.65. The first-order valence-electron chi connectivity index (χ1n) is 12.9. The van der Waals surface area contributed by atoms with Crippen molar-refractivity contribution in [2.75, 3.05) is 13.2 Å². The summed E-state index contributed by atoms with van der Waals surface area (Å²) in [5, 5.41) is 47.2. The van der Waals surface area contributed by atoms with E-state index in [4.69, 9.17) is 14.2 Å². The summed E-state index contributed by atoms with van der Waals surface area (Å²) in [6, 6.07) is 0. The van der Waals surface area contributed by atoms with Crippen molar-refractivity contribution in [3.05, 3.63) is 11.6 Å². The zero-order valence-corrected chi connectivity index (χ0v) is 20.3. The van der Waals surface area contributed by atoms with E-state index in [1.54, 1.807) is 6.08 Å². The molecule has 0 radical (unpaired) electrons. The van der Waals surface area contributed by atoms with Crippen LogP contribution in [0.2, 0.25) is 0 Å². The summed E-state index contributed by atoms with van der Waals surface area (Å²) in [7, 11) is 0. The van der Waals surface area contributed by atoms with Crippen LogP contribution in [0.15, 0.2) is 11.6 Å². The van der Waals surface area contributed by atoms with E-state index in [2.05, 4.69) is 0 Å². The first-order chi connectivity index (χ1) is 15.9. The number of aliphatic hydroxyl groups is 4. The molecule has 0 spiro atoms. The lowest BCUT2D eigenvalue weighted by Gasteiger charge is -2.70. The molecule has 6 aliphatic rings. The number of carbonyl (C=O) groups is 1. The maximum atomic E-state index is 12.4. The van der Waals surface area contributed by atoms with Gasteiger partial charge in [-0.2, -0.15) is 0 Å². The van der Waals surface area contributed by atoms with E-state index in [1.807, 2.05) is 20.8 Å². The van der Waals surface area contributed by atoms with Gasteiger partial charge in [0, 0.05) is 30.3 Å². The van der Waals surface area contributed by atoms with Crippen molar-refractivity contribution in [1.29, 1.82) is 0 Å². The van der Waals surface area contributed by atoms with Crippen LogP contribution in [0, 0.1) is 28.6 Å². The predicted octanol–water partition coefficient (Wildman–Crippen LogP) is 1.43. The third-order valence-corrected chi connectivity index (χ3v) is 10.9. The van der Waals surface area contributed by atoms with Crippen molar-refractivity contribution >= 4 is 5.97 Å². The van der Waals surface area contributed by atoms with E-state index in [9.17, 15) is 25.2 Å². The molecule has 1 saturated heterocycles. The third kappa shape index (κ3) is 2.73. The zero-order chi connectivity index (χ0) is 24.3. The Hall–Kier alpha value is -1.03. The number of ether oxygens (including phenoxy) is 3. The molecule has 2 aliphatic heterocycles. The lowest BCUT2D eigenvalue weighted by molar-refractivity contribution is -0.398. The molecule has 0 aromatic rings. The standard InChI is InChI=1S/C26H38O8/c1-22(2)33-15-9-19(34-22)25(13-27)21-17(4-6-24(25,30)10-15)26(31)7-5-16(14-8-20(29)32-12-14)23(26,3)11-18(21)28/h8,15-19,21,27-28,30-31H,4-7,9-13H2,1-3H3/t15-,16+,17+,18+,19-,21+,23+,24-,25+,26+/m0/s1. The zero-order valence-electron chi connectivity index (χ0n) is 20.3. The Bertz CT molecular complexity index is 932. The highest BCUT2D eigenvalue weighted by molar-refractivity contribution is 5.85. The van der Waals surface area contributed by atoms with Crippen LogP contribution in [0.1, 0.15) is 65.7 Å². The van der Waals surface area contributed by atoms with E-state index < -0.39 is 45.9 Å². The van der Waals surface area contributed by atoms with Crippen molar-refractivity contribution in [3.8, 4) is 0 Å². The molecule has 2 heterocycles. The average Bonchev–Trinajstić information content (AvgIpc) is 3.27. The number of hydrogen-bond acceptors (Lipinski definition) is 8. The molecule has 0 unspecified atom stereocenters. The van der Waals surface area contributed by atoms with Crippen molar-refractivity contribution in [3.63, 3.8) is 0 Å². The fraction of sp³-hybridized carbons (Fsp3) is 0.885. The van der Waals surface area contributed by atoms with Crippen LogP contribution in [-0.4, -0.2) is 74.9 Å². The molecule has 0 aromatic heterocycles. The van der Waals surface area contributed by atoms with Crippen LogP contribution >= 0.6 is 0 Å². The summed E-state index contributed by atoms with van der Waals surface area (Å²) in [6.07, 6.45) is 3.55. The fourth-order valence-electron chi connectivity index (χ4n) is 9.65. The minimum Gasteiger partial charge on any atom is -0.458 e. The van der Waals surface area contributed by atoms with Crippen LogP contribution in [-0.2, 0) is 19.0 Å². The van der Waals surface area contributed by atoms with Gasteiger partial charge in [0.2, 0.25) is 0 Å². The van der Waals surface area contributed by atoms with Crippen molar-refractivity contribution < 1.29 is 39.4 Å². The Morgan fingerprint density at radius 3 is 2.53 bits per heavy atom.